The summed E-state index contributed by atoms with van der Waals surface area (Å²) in [5.41, 5.74) is 1.16. The van der Waals surface area contributed by atoms with Gasteiger partial charge >= 0.3 is 12.0 Å². The summed E-state index contributed by atoms with van der Waals surface area (Å²) in [6.07, 6.45) is -1.15. The second kappa shape index (κ2) is 15.1. The molecule has 2 amide bonds. The Bertz CT molecular complexity index is 968. The Labute approximate surface area is 214 Å². The number of hydrogen-bond acceptors (Lipinski definition) is 5. The van der Waals surface area contributed by atoms with Crippen molar-refractivity contribution in [3.05, 3.63) is 59.9 Å². The van der Waals surface area contributed by atoms with Gasteiger partial charge in [0.15, 0.2) is 6.10 Å². The molecule has 0 aliphatic rings. The maximum Gasteiger partial charge on any atom is 0.333 e. The fourth-order valence-corrected chi connectivity index (χ4v) is 3.21. The number of benzene rings is 2. The Hall–Kier alpha value is -3.31. The number of carboxylic acids is 1. The summed E-state index contributed by atoms with van der Waals surface area (Å²) in [5, 5.41) is 11.9. The van der Waals surface area contributed by atoms with E-state index in [4.69, 9.17) is 14.2 Å². The summed E-state index contributed by atoms with van der Waals surface area (Å²) in [7, 11) is 0. The zero-order valence-corrected chi connectivity index (χ0v) is 20.9. The van der Waals surface area contributed by atoms with Gasteiger partial charge in [0.05, 0.1) is 19.8 Å². The number of nitrogens with zero attached hydrogens (tertiary/aromatic N) is 1. The van der Waals surface area contributed by atoms with Crippen molar-refractivity contribution in [3.8, 4) is 5.75 Å². The summed E-state index contributed by atoms with van der Waals surface area (Å²) < 4.78 is 55.3. The Morgan fingerprint density at radius 1 is 1.03 bits per heavy atom. The van der Waals surface area contributed by atoms with Crippen LogP contribution < -0.4 is 10.1 Å². The highest BCUT2D eigenvalue weighted by Gasteiger charge is 2.21. The largest absolute Gasteiger partial charge is 0.492 e. The number of alkyl halides is 2. The van der Waals surface area contributed by atoms with Crippen LogP contribution in [0.2, 0.25) is 0 Å². The van der Waals surface area contributed by atoms with Crippen LogP contribution >= 0.6 is 0 Å². The van der Waals surface area contributed by atoms with Crippen LogP contribution in [0.4, 0.5) is 23.7 Å². The van der Waals surface area contributed by atoms with Crippen LogP contribution in [0.15, 0.2) is 48.5 Å². The number of nitrogens with one attached hydrogen (secondary N) is 1. The first-order valence-corrected chi connectivity index (χ1v) is 11.9. The van der Waals surface area contributed by atoms with Crippen molar-refractivity contribution in [1.82, 2.24) is 4.90 Å². The van der Waals surface area contributed by atoms with Gasteiger partial charge < -0.3 is 29.5 Å². The topological polar surface area (TPSA) is 97.3 Å². The van der Waals surface area contributed by atoms with Crippen LogP contribution in [0, 0.1) is 5.82 Å². The van der Waals surface area contributed by atoms with E-state index >= 15 is 0 Å². The van der Waals surface area contributed by atoms with Gasteiger partial charge in [0.1, 0.15) is 18.2 Å². The monoisotopic (exact) mass is 526 g/mol. The number of aliphatic carboxylic acids is 1. The van der Waals surface area contributed by atoms with E-state index in [-0.39, 0.29) is 39.3 Å². The first kappa shape index (κ1) is 29.9. The van der Waals surface area contributed by atoms with Crippen molar-refractivity contribution in [3.63, 3.8) is 0 Å². The van der Waals surface area contributed by atoms with Gasteiger partial charge in [-0.2, -0.15) is 0 Å². The minimum atomic E-state index is -2.83. The van der Waals surface area contributed by atoms with E-state index in [2.05, 4.69) is 5.32 Å². The first-order valence-electron chi connectivity index (χ1n) is 11.9. The summed E-state index contributed by atoms with van der Waals surface area (Å²) in [5.74, 6) is -3.78. The molecule has 2 N–H and O–H groups in total. The minimum absolute atomic E-state index is 0.0478. The Morgan fingerprint density at radius 2 is 1.68 bits per heavy atom. The van der Waals surface area contributed by atoms with Crippen molar-refractivity contribution < 1.29 is 42.1 Å². The number of carbonyl (C=O) groups excluding carboxylic acids is 1. The van der Waals surface area contributed by atoms with Crippen LogP contribution in [0.5, 0.6) is 5.75 Å². The Kier molecular flexibility index (Phi) is 12.2. The van der Waals surface area contributed by atoms with Crippen LogP contribution in [0.1, 0.15) is 25.8 Å². The molecule has 0 aliphatic heterocycles. The van der Waals surface area contributed by atoms with Gasteiger partial charge in [-0.1, -0.05) is 12.1 Å². The van der Waals surface area contributed by atoms with Gasteiger partial charge in [-0.15, -0.1) is 0 Å². The average molecular weight is 527 g/mol. The molecule has 0 radical (unpaired) electrons. The maximum absolute atomic E-state index is 13.1. The van der Waals surface area contributed by atoms with Gasteiger partial charge in [0, 0.05) is 31.7 Å². The van der Waals surface area contributed by atoms with E-state index in [1.807, 2.05) is 0 Å². The average Bonchev–Trinajstić information content (AvgIpc) is 2.84. The Morgan fingerprint density at radius 3 is 2.27 bits per heavy atom. The van der Waals surface area contributed by atoms with Crippen LogP contribution in [-0.4, -0.2) is 73.6 Å². The molecule has 37 heavy (non-hydrogen) atoms. The molecule has 0 aliphatic carbocycles. The first-order chi connectivity index (χ1) is 17.6. The van der Waals surface area contributed by atoms with Crippen molar-refractivity contribution in [2.75, 3.05) is 44.8 Å². The van der Waals surface area contributed by atoms with E-state index < -0.39 is 36.3 Å². The highest BCUT2D eigenvalue weighted by Crippen LogP contribution is 2.17. The molecule has 11 heteroatoms. The van der Waals surface area contributed by atoms with E-state index in [1.54, 1.807) is 31.2 Å². The van der Waals surface area contributed by atoms with Gasteiger partial charge in [-0.05, 0) is 55.8 Å². The molecular weight excluding hydrogens is 493 g/mol. The zero-order valence-electron chi connectivity index (χ0n) is 20.9. The van der Waals surface area contributed by atoms with Gasteiger partial charge in [-0.25, -0.2) is 22.8 Å². The number of urea groups is 1. The highest BCUT2D eigenvalue weighted by molar-refractivity contribution is 5.89. The molecule has 0 fully saturated rings. The fourth-order valence-electron chi connectivity index (χ4n) is 3.21. The lowest BCUT2D eigenvalue weighted by molar-refractivity contribution is -0.149. The van der Waals surface area contributed by atoms with Crippen molar-refractivity contribution in [2.45, 2.75) is 38.7 Å². The molecule has 2 aromatic rings. The third-order valence-electron chi connectivity index (χ3n) is 5.19. The SMILES string of the molecule is CCOC(Cc1ccc(OCCN(CCOCCC(C)(F)F)C(=O)Nc2ccc(F)cc2)cc1)C(=O)O. The van der Waals surface area contributed by atoms with Crippen LogP contribution in [-0.2, 0) is 20.7 Å². The second-order valence-electron chi connectivity index (χ2n) is 8.34. The summed E-state index contributed by atoms with van der Waals surface area (Å²) >= 11 is 0. The van der Waals surface area contributed by atoms with Crippen molar-refractivity contribution in [2.24, 2.45) is 0 Å². The van der Waals surface area contributed by atoms with Crippen LogP contribution in [0.25, 0.3) is 0 Å². The number of ether oxygens (including phenoxy) is 3. The number of carboxylic acid groups (broad SMARTS) is 1. The minimum Gasteiger partial charge on any atom is -0.492 e. The molecule has 8 nitrogen and oxygen atoms in total. The lowest BCUT2D eigenvalue weighted by Gasteiger charge is -2.23. The van der Waals surface area contributed by atoms with E-state index in [1.165, 1.54) is 29.2 Å². The predicted molar refractivity (Wildman–Crippen MR) is 132 cm³/mol. The van der Waals surface area contributed by atoms with Gasteiger partial charge in [0.25, 0.3) is 0 Å². The number of rotatable bonds is 16. The van der Waals surface area contributed by atoms with E-state index in [0.29, 0.717) is 18.0 Å². The summed E-state index contributed by atoms with van der Waals surface area (Å²) in [6, 6.07) is 11.6. The van der Waals surface area contributed by atoms with E-state index in [9.17, 15) is 27.9 Å². The lowest BCUT2D eigenvalue weighted by Crippen LogP contribution is -2.40. The van der Waals surface area contributed by atoms with Crippen molar-refractivity contribution in [1.29, 1.82) is 0 Å². The molecule has 1 unspecified atom stereocenters. The molecule has 204 valence electrons. The molecule has 0 spiro atoms. The van der Waals surface area contributed by atoms with E-state index in [0.717, 1.165) is 12.5 Å². The molecule has 0 saturated heterocycles. The highest BCUT2D eigenvalue weighted by atomic mass is 19.3. The zero-order chi connectivity index (χ0) is 27.3. The third kappa shape index (κ3) is 12.0. The van der Waals surface area contributed by atoms with Gasteiger partial charge in [-0.3, -0.25) is 0 Å². The number of anilines is 1. The maximum atomic E-state index is 13.1. The quantitative estimate of drug-likeness (QED) is 0.304. The molecule has 2 rings (SSSR count). The molecule has 0 aromatic heterocycles. The lowest BCUT2D eigenvalue weighted by atomic mass is 10.1. The van der Waals surface area contributed by atoms with Gasteiger partial charge in [0.2, 0.25) is 5.92 Å². The molecule has 0 heterocycles. The fraction of sp³-hybridized carbons (Fsp3) is 0.462. The number of amides is 2. The molecule has 0 saturated carbocycles. The Balaban J connectivity index is 1.90. The molecule has 1 atom stereocenters. The predicted octanol–water partition coefficient (Wildman–Crippen LogP) is 4.83. The molecular formula is C26H33F3N2O6. The molecule has 0 bridgehead atoms. The standard InChI is InChI=1S/C26H33F3N2O6/c1-3-36-23(24(32)33)18-19-4-10-22(11-5-19)37-17-14-31(13-16-35-15-12-26(2,28)29)25(34)30-21-8-6-20(27)7-9-21/h4-11,23H,3,12-18H2,1-2H3,(H,30,34)(H,32,33). The molecule has 2 aromatic carbocycles. The normalized spacial score (nSPS) is 12.1. The number of carbonyl (C=O) groups is 2. The van der Waals surface area contributed by atoms with Crippen molar-refractivity contribution >= 4 is 17.7 Å². The summed E-state index contributed by atoms with van der Waals surface area (Å²) in [4.78, 5) is 25.4. The summed E-state index contributed by atoms with van der Waals surface area (Å²) in [6.45, 7) is 3.14. The second-order valence-corrected chi connectivity index (χ2v) is 8.34. The van der Waals surface area contributed by atoms with Crippen LogP contribution in [0.3, 0.4) is 0 Å². The number of halogens is 3. The number of hydrogen-bond donors (Lipinski definition) is 2. The third-order valence-corrected chi connectivity index (χ3v) is 5.19. The smallest absolute Gasteiger partial charge is 0.333 e.